The molecule has 4 aliphatic carbocycles. The van der Waals surface area contributed by atoms with Crippen molar-refractivity contribution in [3.8, 4) is 0 Å². The molecule has 0 aliphatic heterocycles. The van der Waals surface area contributed by atoms with Crippen molar-refractivity contribution in [2.75, 3.05) is 0 Å². The van der Waals surface area contributed by atoms with Gasteiger partial charge in [0.25, 0.3) is 0 Å². The number of esters is 1. The van der Waals surface area contributed by atoms with Crippen LogP contribution in [0.25, 0.3) is 0 Å². The predicted octanol–water partition coefficient (Wildman–Crippen LogP) is 5.07. The van der Waals surface area contributed by atoms with Crippen molar-refractivity contribution in [2.24, 2.45) is 34.5 Å². The molecule has 0 aromatic heterocycles. The van der Waals surface area contributed by atoms with E-state index in [2.05, 4.69) is 19.9 Å². The zero-order valence-electron chi connectivity index (χ0n) is 15.3. The number of hydrogen-bond acceptors (Lipinski definition) is 2. The molecule has 0 radical (unpaired) electrons. The summed E-state index contributed by atoms with van der Waals surface area (Å²) in [7, 11) is 0. The summed E-state index contributed by atoms with van der Waals surface area (Å²) in [4.78, 5) is 11.5. The van der Waals surface area contributed by atoms with Gasteiger partial charge in [-0.15, -0.1) is 0 Å². The summed E-state index contributed by atoms with van der Waals surface area (Å²) in [6.07, 6.45) is 10.9. The molecule has 0 amide bonds. The quantitative estimate of drug-likeness (QED) is 0.494. The van der Waals surface area contributed by atoms with Crippen molar-refractivity contribution in [1.82, 2.24) is 0 Å². The second-order valence-electron chi connectivity index (χ2n) is 9.30. The lowest BCUT2D eigenvalue weighted by atomic mass is 9.45. The van der Waals surface area contributed by atoms with Crippen LogP contribution in [0.1, 0.15) is 65.7 Å². The van der Waals surface area contributed by atoms with Crippen LogP contribution in [-0.2, 0) is 9.53 Å². The number of ether oxygens (including phenoxy) is 1. The Morgan fingerprint density at radius 3 is 2.67 bits per heavy atom. The molecule has 0 heterocycles. The van der Waals surface area contributed by atoms with Gasteiger partial charge in [0.1, 0.15) is 12.3 Å². The Labute approximate surface area is 145 Å². The maximum Gasteiger partial charge on any atom is 0.302 e. The van der Waals surface area contributed by atoms with Gasteiger partial charge in [0.05, 0.1) is 0 Å². The minimum absolute atomic E-state index is 0.0684. The summed E-state index contributed by atoms with van der Waals surface area (Å²) in [6, 6.07) is 0. The Kier molecular flexibility index (Phi) is 3.85. The van der Waals surface area contributed by atoms with Gasteiger partial charge in [0, 0.05) is 17.8 Å². The van der Waals surface area contributed by atoms with Crippen LogP contribution in [-0.4, -0.2) is 18.2 Å². The highest BCUT2D eigenvalue weighted by molar-refractivity contribution is 5.66. The number of rotatable bonds is 1. The summed E-state index contributed by atoms with van der Waals surface area (Å²) in [5, 5.41) is 0. The fraction of sp³-hybridized carbons (Fsp3) is 0.857. The van der Waals surface area contributed by atoms with Gasteiger partial charge >= 0.3 is 5.97 Å². The molecular weight excluding hydrogens is 303 g/mol. The number of allylic oxidation sites excluding steroid dienone is 2. The SMILES string of the molecule is CC(=O)OC1CCC2C3CCC4CC=CC(F)C4(C)C3CCC12C. The molecule has 4 rings (SSSR count). The minimum atomic E-state index is -0.793. The standard InChI is InChI=1S/C21H31FO2/c1-13(23)24-19-10-9-16-15-8-7-14-5-4-6-18(22)21(14,3)17(15)11-12-20(16,19)2/h4,6,14-19H,5,7-12H2,1-3H3. The smallest absolute Gasteiger partial charge is 0.302 e. The first-order valence-electron chi connectivity index (χ1n) is 9.85. The molecule has 3 heteroatoms. The van der Waals surface area contributed by atoms with Crippen LogP contribution in [0.2, 0.25) is 0 Å². The van der Waals surface area contributed by atoms with Crippen LogP contribution in [0.3, 0.4) is 0 Å². The van der Waals surface area contributed by atoms with Crippen molar-refractivity contribution < 1.29 is 13.9 Å². The lowest BCUT2D eigenvalue weighted by Crippen LogP contribution is -2.56. The average molecular weight is 334 g/mol. The molecule has 0 N–H and O–H groups in total. The highest BCUT2D eigenvalue weighted by Gasteiger charge is 2.62. The van der Waals surface area contributed by atoms with E-state index in [0.717, 1.165) is 38.5 Å². The van der Waals surface area contributed by atoms with Crippen LogP contribution in [0.4, 0.5) is 4.39 Å². The number of hydrogen-bond donors (Lipinski definition) is 0. The zero-order valence-corrected chi connectivity index (χ0v) is 15.3. The number of carbonyl (C=O) groups excluding carboxylic acids is 1. The Morgan fingerprint density at radius 1 is 1.12 bits per heavy atom. The second-order valence-corrected chi connectivity index (χ2v) is 9.30. The summed E-state index contributed by atoms with van der Waals surface area (Å²) >= 11 is 0. The fourth-order valence-electron chi connectivity index (χ4n) is 7.19. The largest absolute Gasteiger partial charge is 0.462 e. The van der Waals surface area contributed by atoms with E-state index >= 15 is 4.39 Å². The first kappa shape index (κ1) is 16.6. The molecule has 0 saturated heterocycles. The molecule has 134 valence electrons. The molecule has 24 heavy (non-hydrogen) atoms. The summed E-state index contributed by atoms with van der Waals surface area (Å²) in [5.74, 6) is 2.05. The fourth-order valence-corrected chi connectivity index (χ4v) is 7.19. The average Bonchev–Trinajstić information content (AvgIpc) is 2.85. The molecule has 0 spiro atoms. The third kappa shape index (κ3) is 2.15. The van der Waals surface area contributed by atoms with Crippen LogP contribution < -0.4 is 0 Å². The van der Waals surface area contributed by atoms with Gasteiger partial charge in [-0.2, -0.15) is 0 Å². The van der Waals surface area contributed by atoms with Crippen LogP contribution in [0, 0.1) is 34.5 Å². The lowest BCUT2D eigenvalue weighted by Gasteiger charge is -2.60. The van der Waals surface area contributed by atoms with Crippen molar-refractivity contribution in [3.05, 3.63) is 12.2 Å². The predicted molar refractivity (Wildman–Crippen MR) is 92.1 cm³/mol. The molecule has 4 aliphatic rings. The molecule has 3 fully saturated rings. The lowest BCUT2D eigenvalue weighted by molar-refractivity contribution is -0.162. The first-order chi connectivity index (χ1) is 11.4. The molecule has 0 bridgehead atoms. The van der Waals surface area contributed by atoms with E-state index in [9.17, 15) is 4.79 Å². The molecular formula is C21H31FO2. The molecule has 3 saturated carbocycles. The van der Waals surface area contributed by atoms with Gasteiger partial charge in [0.2, 0.25) is 0 Å². The second kappa shape index (κ2) is 5.57. The summed E-state index contributed by atoms with van der Waals surface area (Å²) in [5.41, 5.74) is -0.0785. The summed E-state index contributed by atoms with van der Waals surface area (Å²) < 4.78 is 20.7. The third-order valence-corrected chi connectivity index (χ3v) is 8.51. The van der Waals surface area contributed by atoms with Gasteiger partial charge in [0.15, 0.2) is 0 Å². The topological polar surface area (TPSA) is 26.3 Å². The normalized spacial score (nSPS) is 53.0. The molecule has 0 aromatic carbocycles. The third-order valence-electron chi connectivity index (χ3n) is 8.51. The Hall–Kier alpha value is -0.860. The molecule has 8 unspecified atom stereocenters. The Balaban J connectivity index is 1.63. The van der Waals surface area contributed by atoms with Crippen LogP contribution >= 0.6 is 0 Å². The maximum atomic E-state index is 15.0. The highest BCUT2D eigenvalue weighted by Crippen LogP contribution is 2.66. The van der Waals surface area contributed by atoms with E-state index in [0.29, 0.717) is 23.7 Å². The Bertz CT molecular complexity index is 558. The summed E-state index contributed by atoms with van der Waals surface area (Å²) in [6.45, 7) is 6.08. The van der Waals surface area contributed by atoms with Crippen molar-refractivity contribution in [3.63, 3.8) is 0 Å². The Morgan fingerprint density at radius 2 is 1.92 bits per heavy atom. The van der Waals surface area contributed by atoms with Gasteiger partial charge in [-0.05, 0) is 68.6 Å². The van der Waals surface area contributed by atoms with Crippen molar-refractivity contribution in [1.29, 1.82) is 0 Å². The van der Waals surface area contributed by atoms with Crippen molar-refractivity contribution >= 4 is 5.97 Å². The van der Waals surface area contributed by atoms with Gasteiger partial charge < -0.3 is 4.74 Å². The van der Waals surface area contributed by atoms with E-state index in [-0.39, 0.29) is 22.9 Å². The van der Waals surface area contributed by atoms with Crippen molar-refractivity contribution in [2.45, 2.75) is 78.0 Å². The molecule has 2 nitrogen and oxygen atoms in total. The first-order valence-corrected chi connectivity index (χ1v) is 9.85. The number of halogens is 1. The zero-order chi connectivity index (χ0) is 17.1. The van der Waals surface area contributed by atoms with E-state index in [1.807, 2.05) is 6.08 Å². The van der Waals surface area contributed by atoms with Crippen LogP contribution in [0.15, 0.2) is 12.2 Å². The van der Waals surface area contributed by atoms with E-state index < -0.39 is 6.17 Å². The van der Waals surface area contributed by atoms with E-state index in [4.69, 9.17) is 4.74 Å². The number of alkyl halides is 1. The van der Waals surface area contributed by atoms with Crippen LogP contribution in [0.5, 0.6) is 0 Å². The maximum absolute atomic E-state index is 15.0. The monoisotopic (exact) mass is 334 g/mol. The van der Waals surface area contributed by atoms with Gasteiger partial charge in [-0.25, -0.2) is 4.39 Å². The van der Waals surface area contributed by atoms with E-state index in [1.165, 1.54) is 13.3 Å². The van der Waals surface area contributed by atoms with Gasteiger partial charge in [-0.3, -0.25) is 4.79 Å². The minimum Gasteiger partial charge on any atom is -0.462 e. The number of carbonyl (C=O) groups is 1. The highest BCUT2D eigenvalue weighted by atomic mass is 19.1. The van der Waals surface area contributed by atoms with Gasteiger partial charge in [-0.1, -0.05) is 26.0 Å². The molecule has 0 aromatic rings. The molecule has 8 atom stereocenters. The number of fused-ring (bicyclic) bond motifs is 5. The van der Waals surface area contributed by atoms with E-state index in [1.54, 1.807) is 0 Å².